The highest BCUT2D eigenvalue weighted by atomic mass is 19.4. The predicted octanol–water partition coefficient (Wildman–Crippen LogP) is 2.23. The van der Waals surface area contributed by atoms with E-state index in [1.54, 1.807) is 5.32 Å². The fraction of sp³-hybridized carbons (Fsp3) is 0.462. The largest absolute Gasteiger partial charge is 0.496 e. The number of alkyl halides is 6. The summed E-state index contributed by atoms with van der Waals surface area (Å²) in [5.74, 6) is -5.43. The first-order valence-corrected chi connectivity index (χ1v) is 13.1. The lowest BCUT2D eigenvalue weighted by Crippen LogP contribution is -2.41. The molecule has 0 radical (unpaired) electrons. The van der Waals surface area contributed by atoms with Crippen LogP contribution in [0.3, 0.4) is 0 Å². The molecule has 2 aromatic carbocycles. The smallest absolute Gasteiger partial charge is 0.495 e. The van der Waals surface area contributed by atoms with Crippen molar-refractivity contribution in [1.29, 1.82) is 0 Å². The Bertz CT molecular complexity index is 1410. The molecule has 254 valence electrons. The molecule has 0 atom stereocenters. The second-order valence-corrected chi connectivity index (χ2v) is 10.7. The third kappa shape index (κ3) is 9.94. The lowest BCUT2D eigenvalue weighted by Gasteiger charge is -2.32. The van der Waals surface area contributed by atoms with E-state index >= 15 is 0 Å². The van der Waals surface area contributed by atoms with Crippen molar-refractivity contribution in [3.05, 3.63) is 47.0 Å². The number of carbonyl (C=O) groups is 2. The molecule has 1 fully saturated rings. The van der Waals surface area contributed by atoms with Crippen LogP contribution in [0.4, 0.5) is 35.1 Å². The van der Waals surface area contributed by atoms with Crippen molar-refractivity contribution in [2.75, 3.05) is 27.3 Å². The number of hydrogen-bond donors (Lipinski definition) is 4. The summed E-state index contributed by atoms with van der Waals surface area (Å²) < 4.78 is 122. The number of benzene rings is 2. The third-order valence-corrected chi connectivity index (χ3v) is 6.77. The molecule has 0 unspecified atom stereocenters. The maximum atomic E-state index is 14.5. The number of hydrogen-bond acceptors (Lipinski definition) is 8. The fourth-order valence-electron chi connectivity index (χ4n) is 3.77. The van der Waals surface area contributed by atoms with Gasteiger partial charge in [-0.25, -0.2) is 8.78 Å². The Kier molecular flexibility index (Phi) is 12.1. The zero-order valence-electron chi connectivity index (χ0n) is 25.2. The van der Waals surface area contributed by atoms with Crippen LogP contribution in [-0.2, 0) is 9.31 Å². The molecule has 1 heterocycles. The van der Waals surface area contributed by atoms with Crippen LogP contribution in [0.2, 0.25) is 0 Å². The van der Waals surface area contributed by atoms with Gasteiger partial charge in [0.05, 0.1) is 25.4 Å². The quantitative estimate of drug-likeness (QED) is 0.248. The van der Waals surface area contributed by atoms with Gasteiger partial charge in [0.2, 0.25) is 0 Å². The summed E-state index contributed by atoms with van der Waals surface area (Å²) in [6, 6.07) is 3.87. The molecule has 46 heavy (non-hydrogen) atoms. The normalized spacial score (nSPS) is 15.4. The summed E-state index contributed by atoms with van der Waals surface area (Å²) in [6.07, 6.45) is -9.25. The molecule has 2 aromatic rings. The number of carbonyl (C=O) groups excluding carboxylic acids is 2. The van der Waals surface area contributed by atoms with E-state index in [2.05, 4.69) is 4.74 Å². The van der Waals surface area contributed by atoms with Crippen molar-refractivity contribution in [1.82, 2.24) is 10.6 Å². The van der Waals surface area contributed by atoms with Crippen molar-refractivity contribution < 1.29 is 73.5 Å². The number of methoxy groups -OCH3 is 2. The summed E-state index contributed by atoms with van der Waals surface area (Å²) >= 11 is 0. The molecule has 0 aliphatic carbocycles. The lowest BCUT2D eigenvalue weighted by molar-refractivity contribution is -0.123. The van der Waals surface area contributed by atoms with Crippen molar-refractivity contribution in [2.45, 2.75) is 51.2 Å². The highest BCUT2D eigenvalue weighted by Crippen LogP contribution is 2.37. The first-order valence-electron chi connectivity index (χ1n) is 13.1. The predicted molar refractivity (Wildman–Crippen MR) is 148 cm³/mol. The highest BCUT2D eigenvalue weighted by molar-refractivity contribution is 6.62. The van der Waals surface area contributed by atoms with Crippen LogP contribution in [0.5, 0.6) is 11.5 Å². The van der Waals surface area contributed by atoms with E-state index in [1.807, 2.05) is 27.7 Å². The van der Waals surface area contributed by atoms with Gasteiger partial charge in [-0.3, -0.25) is 9.59 Å². The molecule has 0 saturated carbocycles. The Morgan fingerprint density at radius 3 is 1.54 bits per heavy atom. The standard InChI is InChI=1S/C16H20BF4NO4.C10H10BF4NO4/c1-14(2)15(3,4)26-17(25-14)9-6-10(18)12(11(7-9)24-5)13(23)22-8-16(19,20)21;1-20-7-3-5(11(18)19)2-6(12)8(7)9(17)16-4-10(13,14)15/h6-7H,8H2,1-5H3,(H,22,23);2-3,18-19H,4H2,1H3,(H,16,17). The third-order valence-electron chi connectivity index (χ3n) is 6.77. The van der Waals surface area contributed by atoms with E-state index < -0.39 is 91.2 Å². The van der Waals surface area contributed by atoms with E-state index in [0.717, 1.165) is 19.2 Å². The van der Waals surface area contributed by atoms with Crippen molar-refractivity contribution in [3.63, 3.8) is 0 Å². The average molecular weight is 672 g/mol. The Labute approximate surface area is 258 Å². The Morgan fingerprint density at radius 2 is 1.17 bits per heavy atom. The number of amides is 2. The van der Waals surface area contributed by atoms with Gasteiger partial charge < -0.3 is 39.5 Å². The number of halogens is 8. The number of ether oxygens (including phenoxy) is 2. The van der Waals surface area contributed by atoms with Crippen LogP contribution < -0.4 is 31.0 Å². The second kappa shape index (κ2) is 14.4. The first kappa shape index (κ1) is 38.6. The van der Waals surface area contributed by atoms with Crippen LogP contribution >= 0.6 is 0 Å². The van der Waals surface area contributed by atoms with E-state index in [0.29, 0.717) is 6.07 Å². The highest BCUT2D eigenvalue weighted by Gasteiger charge is 2.52. The number of rotatable bonds is 8. The van der Waals surface area contributed by atoms with Crippen LogP contribution in [0, 0.1) is 11.6 Å². The average Bonchev–Trinajstić information content (AvgIpc) is 3.15. The minimum Gasteiger partial charge on any atom is -0.496 e. The molecular formula is C26H30B2F8N2O8. The lowest BCUT2D eigenvalue weighted by atomic mass is 9.78. The fourth-order valence-corrected chi connectivity index (χ4v) is 3.77. The van der Waals surface area contributed by atoms with Crippen LogP contribution in [-0.4, -0.2) is 87.0 Å². The molecule has 4 N–H and O–H groups in total. The molecule has 1 aliphatic heterocycles. The molecule has 0 spiro atoms. The molecule has 0 bridgehead atoms. The molecule has 20 heteroatoms. The molecule has 2 amide bonds. The van der Waals surface area contributed by atoms with Gasteiger partial charge in [-0.15, -0.1) is 0 Å². The van der Waals surface area contributed by atoms with Crippen molar-refractivity contribution in [3.8, 4) is 11.5 Å². The Balaban J connectivity index is 0.000000332. The monoisotopic (exact) mass is 672 g/mol. The minimum atomic E-state index is -4.64. The maximum absolute atomic E-state index is 14.5. The van der Waals surface area contributed by atoms with Crippen molar-refractivity contribution in [2.24, 2.45) is 0 Å². The zero-order valence-corrected chi connectivity index (χ0v) is 25.2. The summed E-state index contributed by atoms with van der Waals surface area (Å²) in [6.45, 7) is 4.07. The molecule has 1 saturated heterocycles. The SMILES string of the molecule is COc1cc(B(O)O)cc(F)c1C(=O)NCC(F)(F)F.COc1cc(B2OC(C)(C)C(C)(C)O2)cc(F)c1C(=O)NCC(F)(F)F. The van der Waals surface area contributed by atoms with E-state index in [-0.39, 0.29) is 16.7 Å². The summed E-state index contributed by atoms with van der Waals surface area (Å²) in [4.78, 5) is 23.5. The molecule has 0 aromatic heterocycles. The van der Waals surface area contributed by atoms with Crippen LogP contribution in [0.15, 0.2) is 24.3 Å². The first-order chi connectivity index (χ1) is 20.9. The number of nitrogens with one attached hydrogen (secondary N) is 2. The van der Waals surface area contributed by atoms with Gasteiger partial charge in [0.1, 0.15) is 47.3 Å². The summed E-state index contributed by atoms with van der Waals surface area (Å²) in [5.41, 5.74) is -2.73. The van der Waals surface area contributed by atoms with Gasteiger partial charge >= 0.3 is 26.6 Å². The van der Waals surface area contributed by atoms with Gasteiger partial charge in [0.25, 0.3) is 11.8 Å². The zero-order chi connectivity index (χ0) is 35.4. The van der Waals surface area contributed by atoms with E-state index in [9.17, 15) is 44.7 Å². The van der Waals surface area contributed by atoms with E-state index in [4.69, 9.17) is 24.1 Å². The second-order valence-electron chi connectivity index (χ2n) is 10.7. The van der Waals surface area contributed by atoms with Gasteiger partial charge in [0.15, 0.2) is 0 Å². The molecule has 3 rings (SSSR count). The van der Waals surface area contributed by atoms with Gasteiger partial charge in [-0.1, -0.05) is 0 Å². The topological polar surface area (TPSA) is 136 Å². The van der Waals surface area contributed by atoms with Crippen LogP contribution in [0.25, 0.3) is 0 Å². The van der Waals surface area contributed by atoms with Crippen LogP contribution in [0.1, 0.15) is 48.4 Å². The minimum absolute atomic E-state index is 0.214. The van der Waals surface area contributed by atoms with Crippen molar-refractivity contribution >= 4 is 37.0 Å². The molecule has 1 aliphatic rings. The Hall–Kier alpha value is -3.61. The Morgan fingerprint density at radius 1 is 0.783 bits per heavy atom. The molecule has 10 nitrogen and oxygen atoms in total. The summed E-state index contributed by atoms with van der Waals surface area (Å²) in [7, 11) is -0.673. The van der Waals surface area contributed by atoms with Gasteiger partial charge in [-0.05, 0) is 62.9 Å². The van der Waals surface area contributed by atoms with Gasteiger partial charge in [0, 0.05) is 0 Å². The van der Waals surface area contributed by atoms with E-state index in [1.165, 1.54) is 18.5 Å². The van der Waals surface area contributed by atoms with Gasteiger partial charge in [-0.2, -0.15) is 26.3 Å². The maximum Gasteiger partial charge on any atom is 0.495 e. The molecular weight excluding hydrogens is 642 g/mol. The summed E-state index contributed by atoms with van der Waals surface area (Å²) in [5, 5.41) is 20.9.